The van der Waals surface area contributed by atoms with Crippen molar-refractivity contribution in [1.82, 2.24) is 4.90 Å². The van der Waals surface area contributed by atoms with E-state index < -0.39 is 0 Å². The molecule has 1 aliphatic heterocycles. The van der Waals surface area contributed by atoms with Crippen molar-refractivity contribution >= 4 is 11.6 Å². The van der Waals surface area contributed by atoms with Crippen LogP contribution in [0.5, 0.6) is 0 Å². The smallest absolute Gasteiger partial charge is 0.129 e. The van der Waals surface area contributed by atoms with E-state index in [1.807, 2.05) is 6.07 Å². The lowest BCUT2D eigenvalue weighted by Crippen LogP contribution is -2.44. The maximum absolute atomic E-state index is 14.0. The van der Waals surface area contributed by atoms with Crippen molar-refractivity contribution in [3.05, 3.63) is 70.0 Å². The SMILES string of the molecule is NCC1Cc2ccccc2CN1Cc1c(F)cccc1Cl. The van der Waals surface area contributed by atoms with Gasteiger partial charge < -0.3 is 5.73 Å². The first-order chi connectivity index (χ1) is 10.2. The number of hydrogen-bond acceptors (Lipinski definition) is 2. The summed E-state index contributed by atoms with van der Waals surface area (Å²) in [5, 5.41) is 0.477. The summed E-state index contributed by atoms with van der Waals surface area (Å²) >= 11 is 6.14. The average Bonchev–Trinajstić information content (AvgIpc) is 2.50. The lowest BCUT2D eigenvalue weighted by Gasteiger charge is -2.36. The molecule has 0 aromatic heterocycles. The van der Waals surface area contributed by atoms with Crippen LogP contribution in [0.25, 0.3) is 0 Å². The van der Waals surface area contributed by atoms with E-state index in [0.717, 1.165) is 13.0 Å². The molecule has 1 aliphatic rings. The zero-order valence-corrected chi connectivity index (χ0v) is 12.5. The van der Waals surface area contributed by atoms with Crippen molar-refractivity contribution in [1.29, 1.82) is 0 Å². The number of benzene rings is 2. The van der Waals surface area contributed by atoms with Crippen LogP contribution in [0.2, 0.25) is 5.02 Å². The molecule has 0 saturated heterocycles. The first kappa shape index (κ1) is 14.5. The molecule has 2 nitrogen and oxygen atoms in total. The maximum atomic E-state index is 14.0. The van der Waals surface area contributed by atoms with Crippen LogP contribution in [-0.2, 0) is 19.5 Å². The van der Waals surface area contributed by atoms with Gasteiger partial charge in [0, 0.05) is 36.3 Å². The molecule has 1 unspecified atom stereocenters. The van der Waals surface area contributed by atoms with E-state index in [4.69, 9.17) is 17.3 Å². The molecule has 0 bridgehead atoms. The number of rotatable bonds is 3. The minimum absolute atomic E-state index is 0.218. The van der Waals surface area contributed by atoms with Crippen LogP contribution in [-0.4, -0.2) is 17.5 Å². The van der Waals surface area contributed by atoms with Gasteiger partial charge in [-0.3, -0.25) is 4.90 Å². The van der Waals surface area contributed by atoms with Crippen LogP contribution in [0.15, 0.2) is 42.5 Å². The van der Waals surface area contributed by atoms with E-state index in [1.165, 1.54) is 17.2 Å². The van der Waals surface area contributed by atoms with Crippen molar-refractivity contribution in [2.75, 3.05) is 6.54 Å². The second kappa shape index (κ2) is 6.14. The summed E-state index contributed by atoms with van der Waals surface area (Å²) in [4.78, 5) is 2.21. The van der Waals surface area contributed by atoms with Crippen molar-refractivity contribution in [3.8, 4) is 0 Å². The molecule has 0 radical (unpaired) electrons. The highest BCUT2D eigenvalue weighted by atomic mass is 35.5. The molecular weight excluding hydrogens is 287 g/mol. The van der Waals surface area contributed by atoms with E-state index in [9.17, 15) is 4.39 Å². The molecule has 110 valence electrons. The highest BCUT2D eigenvalue weighted by molar-refractivity contribution is 6.31. The standard InChI is InChI=1S/C17H18ClFN2/c18-16-6-3-7-17(19)15(16)11-21-10-13-5-2-1-4-12(13)8-14(21)9-20/h1-7,14H,8-11,20H2. The third kappa shape index (κ3) is 2.95. The second-order valence-corrected chi connectivity index (χ2v) is 5.87. The molecule has 1 atom stereocenters. The zero-order valence-electron chi connectivity index (χ0n) is 11.7. The van der Waals surface area contributed by atoms with E-state index in [2.05, 4.69) is 23.1 Å². The predicted molar refractivity (Wildman–Crippen MR) is 83.6 cm³/mol. The predicted octanol–water partition coefficient (Wildman–Crippen LogP) is 3.36. The molecule has 2 N–H and O–H groups in total. The van der Waals surface area contributed by atoms with E-state index >= 15 is 0 Å². The summed E-state index contributed by atoms with van der Waals surface area (Å²) in [5.41, 5.74) is 9.09. The highest BCUT2D eigenvalue weighted by Crippen LogP contribution is 2.27. The molecule has 0 saturated carbocycles. The Kier molecular flexibility index (Phi) is 4.24. The summed E-state index contributed by atoms with van der Waals surface area (Å²) in [6, 6.07) is 13.4. The number of hydrogen-bond donors (Lipinski definition) is 1. The van der Waals surface area contributed by atoms with Gasteiger partial charge in [0.15, 0.2) is 0 Å². The largest absolute Gasteiger partial charge is 0.329 e. The van der Waals surface area contributed by atoms with Gasteiger partial charge in [0.05, 0.1) is 0 Å². The number of nitrogens with two attached hydrogens (primary N) is 1. The summed E-state index contributed by atoms with van der Waals surface area (Å²) in [5.74, 6) is -0.253. The van der Waals surface area contributed by atoms with Crippen molar-refractivity contribution < 1.29 is 4.39 Å². The highest BCUT2D eigenvalue weighted by Gasteiger charge is 2.26. The van der Waals surface area contributed by atoms with Crippen molar-refractivity contribution in [2.45, 2.75) is 25.6 Å². The molecule has 0 aliphatic carbocycles. The van der Waals surface area contributed by atoms with Gasteiger partial charge in [-0.15, -0.1) is 0 Å². The molecule has 21 heavy (non-hydrogen) atoms. The fourth-order valence-corrected chi connectivity index (χ4v) is 3.17. The summed E-state index contributed by atoms with van der Waals surface area (Å²) in [6.07, 6.45) is 0.902. The fraction of sp³-hybridized carbons (Fsp3) is 0.294. The van der Waals surface area contributed by atoms with E-state index in [0.29, 0.717) is 23.7 Å². The molecule has 1 heterocycles. The third-order valence-electron chi connectivity index (χ3n) is 4.16. The zero-order chi connectivity index (χ0) is 14.8. The van der Waals surface area contributed by atoms with Gasteiger partial charge >= 0.3 is 0 Å². The van der Waals surface area contributed by atoms with Crippen molar-refractivity contribution in [2.24, 2.45) is 5.73 Å². The number of fused-ring (bicyclic) bond motifs is 1. The van der Waals surface area contributed by atoms with Crippen LogP contribution in [0, 0.1) is 5.82 Å². The third-order valence-corrected chi connectivity index (χ3v) is 4.51. The van der Waals surface area contributed by atoms with Gasteiger partial charge in [0.25, 0.3) is 0 Å². The number of nitrogens with zero attached hydrogens (tertiary/aromatic N) is 1. The molecule has 3 rings (SSSR count). The molecule has 2 aromatic rings. The Labute approximate surface area is 129 Å². The average molecular weight is 305 g/mol. The Morgan fingerprint density at radius 1 is 1.14 bits per heavy atom. The van der Waals surface area contributed by atoms with Crippen LogP contribution < -0.4 is 5.73 Å². The molecule has 0 spiro atoms. The summed E-state index contributed by atoms with van der Waals surface area (Å²) in [6.45, 7) is 1.82. The minimum atomic E-state index is -0.253. The normalized spacial score (nSPS) is 18.5. The molecular formula is C17H18ClFN2. The number of halogens is 2. The minimum Gasteiger partial charge on any atom is -0.329 e. The fourth-order valence-electron chi connectivity index (χ4n) is 2.95. The maximum Gasteiger partial charge on any atom is 0.129 e. The van der Waals surface area contributed by atoms with Gasteiger partial charge in [0.2, 0.25) is 0 Å². The monoisotopic (exact) mass is 304 g/mol. The van der Waals surface area contributed by atoms with Crippen LogP contribution >= 0.6 is 11.6 Å². The van der Waals surface area contributed by atoms with Gasteiger partial charge in [-0.05, 0) is 29.7 Å². The first-order valence-corrected chi connectivity index (χ1v) is 7.50. The topological polar surface area (TPSA) is 29.3 Å². The van der Waals surface area contributed by atoms with Crippen LogP contribution in [0.1, 0.15) is 16.7 Å². The Morgan fingerprint density at radius 2 is 1.90 bits per heavy atom. The van der Waals surface area contributed by atoms with Gasteiger partial charge in [0.1, 0.15) is 5.82 Å². The van der Waals surface area contributed by atoms with E-state index in [-0.39, 0.29) is 11.9 Å². The Balaban J connectivity index is 1.88. The lowest BCUT2D eigenvalue weighted by atomic mass is 9.93. The lowest BCUT2D eigenvalue weighted by molar-refractivity contribution is 0.165. The van der Waals surface area contributed by atoms with Crippen molar-refractivity contribution in [3.63, 3.8) is 0 Å². The Bertz CT molecular complexity index is 624. The molecule has 2 aromatic carbocycles. The second-order valence-electron chi connectivity index (χ2n) is 5.47. The Hall–Kier alpha value is -1.42. The van der Waals surface area contributed by atoms with Gasteiger partial charge in [-0.2, -0.15) is 0 Å². The molecule has 0 amide bonds. The van der Waals surface area contributed by atoms with Gasteiger partial charge in [-0.1, -0.05) is 41.9 Å². The molecule has 0 fully saturated rings. The van der Waals surface area contributed by atoms with Gasteiger partial charge in [-0.25, -0.2) is 4.39 Å². The first-order valence-electron chi connectivity index (χ1n) is 7.13. The Morgan fingerprint density at radius 3 is 2.62 bits per heavy atom. The summed E-state index contributed by atoms with van der Waals surface area (Å²) in [7, 11) is 0. The molecule has 4 heteroatoms. The van der Waals surface area contributed by atoms with Crippen LogP contribution in [0.3, 0.4) is 0 Å². The van der Waals surface area contributed by atoms with E-state index in [1.54, 1.807) is 12.1 Å². The summed E-state index contributed by atoms with van der Waals surface area (Å²) < 4.78 is 14.0. The quantitative estimate of drug-likeness (QED) is 0.942. The van der Waals surface area contributed by atoms with Crippen LogP contribution in [0.4, 0.5) is 4.39 Å².